The van der Waals surface area contributed by atoms with Crippen molar-refractivity contribution >= 4 is 16.7 Å². The third-order valence-corrected chi connectivity index (χ3v) is 4.84. The Hall–Kier alpha value is -2.28. The number of rotatable bonds is 5. The summed E-state index contributed by atoms with van der Waals surface area (Å²) in [6.07, 6.45) is 3.93. The summed E-state index contributed by atoms with van der Waals surface area (Å²) in [5.41, 5.74) is 0.733. The third-order valence-electron chi connectivity index (χ3n) is 4.84. The molecule has 136 valence electrons. The van der Waals surface area contributed by atoms with Crippen molar-refractivity contribution in [3.8, 4) is 17.2 Å². The van der Waals surface area contributed by atoms with E-state index in [9.17, 15) is 0 Å². The van der Waals surface area contributed by atoms with Crippen LogP contribution in [0.1, 0.15) is 12.8 Å². The SMILES string of the molecule is COc1cc2c(N3CCCC(N(C)C)C3)ncnc2c(OC)c1OC. The lowest BCUT2D eigenvalue weighted by Gasteiger charge is -2.37. The number of hydrogen-bond donors (Lipinski definition) is 0. The van der Waals surface area contributed by atoms with E-state index >= 15 is 0 Å². The molecule has 1 saturated heterocycles. The van der Waals surface area contributed by atoms with E-state index in [2.05, 4.69) is 33.9 Å². The van der Waals surface area contributed by atoms with Gasteiger partial charge in [0.15, 0.2) is 11.5 Å². The van der Waals surface area contributed by atoms with Crippen molar-refractivity contribution in [2.45, 2.75) is 18.9 Å². The molecule has 3 rings (SSSR count). The minimum atomic E-state index is 0.515. The predicted octanol–water partition coefficient (Wildman–Crippen LogP) is 2.19. The number of nitrogens with zero attached hydrogens (tertiary/aromatic N) is 4. The van der Waals surface area contributed by atoms with Crippen LogP contribution in [0, 0.1) is 0 Å². The molecule has 1 fully saturated rings. The Balaban J connectivity index is 2.13. The standard InChI is InChI=1S/C18H26N4O3/c1-21(2)12-7-6-8-22(10-12)18-13-9-14(23-3)16(24-4)17(25-5)15(13)19-11-20-18/h9,11-12H,6-8,10H2,1-5H3. The molecule has 0 bridgehead atoms. The highest BCUT2D eigenvalue weighted by Crippen LogP contribution is 2.44. The van der Waals surface area contributed by atoms with Crippen LogP contribution in [0.4, 0.5) is 5.82 Å². The topological polar surface area (TPSA) is 60.0 Å². The summed E-state index contributed by atoms with van der Waals surface area (Å²) in [7, 11) is 9.09. The van der Waals surface area contributed by atoms with E-state index in [4.69, 9.17) is 14.2 Å². The molecular weight excluding hydrogens is 320 g/mol. The molecule has 0 radical (unpaired) electrons. The van der Waals surface area contributed by atoms with Gasteiger partial charge < -0.3 is 24.0 Å². The second-order valence-corrected chi connectivity index (χ2v) is 6.44. The van der Waals surface area contributed by atoms with Gasteiger partial charge in [0.25, 0.3) is 0 Å². The van der Waals surface area contributed by atoms with Gasteiger partial charge in [0.1, 0.15) is 17.7 Å². The van der Waals surface area contributed by atoms with E-state index in [-0.39, 0.29) is 0 Å². The van der Waals surface area contributed by atoms with Gasteiger partial charge in [-0.15, -0.1) is 0 Å². The molecule has 2 aromatic rings. The van der Waals surface area contributed by atoms with Gasteiger partial charge in [-0.3, -0.25) is 0 Å². The number of piperidine rings is 1. The first-order valence-corrected chi connectivity index (χ1v) is 8.45. The van der Waals surface area contributed by atoms with Gasteiger partial charge in [-0.05, 0) is 33.0 Å². The monoisotopic (exact) mass is 346 g/mol. The first-order valence-electron chi connectivity index (χ1n) is 8.45. The number of hydrogen-bond acceptors (Lipinski definition) is 7. The van der Waals surface area contributed by atoms with E-state index in [1.54, 1.807) is 27.7 Å². The highest BCUT2D eigenvalue weighted by molar-refractivity contribution is 5.97. The van der Waals surface area contributed by atoms with Gasteiger partial charge in [0.2, 0.25) is 5.75 Å². The van der Waals surface area contributed by atoms with Crippen LogP contribution in [0.15, 0.2) is 12.4 Å². The molecule has 1 aromatic carbocycles. The number of benzene rings is 1. The molecule has 1 aliphatic rings. The Morgan fingerprint density at radius 2 is 1.84 bits per heavy atom. The second-order valence-electron chi connectivity index (χ2n) is 6.44. The number of anilines is 1. The molecule has 1 aliphatic heterocycles. The molecule has 1 atom stereocenters. The number of aromatic nitrogens is 2. The maximum Gasteiger partial charge on any atom is 0.205 e. The number of fused-ring (bicyclic) bond motifs is 1. The summed E-state index contributed by atoms with van der Waals surface area (Å²) in [6, 6.07) is 2.45. The molecular formula is C18H26N4O3. The molecule has 0 amide bonds. The second kappa shape index (κ2) is 7.31. The maximum atomic E-state index is 5.57. The zero-order valence-electron chi connectivity index (χ0n) is 15.6. The van der Waals surface area contributed by atoms with Crippen molar-refractivity contribution in [1.29, 1.82) is 0 Å². The lowest BCUT2D eigenvalue weighted by Crippen LogP contribution is -2.45. The van der Waals surface area contributed by atoms with E-state index in [0.717, 1.165) is 36.2 Å². The molecule has 0 N–H and O–H groups in total. The molecule has 2 heterocycles. The van der Waals surface area contributed by atoms with E-state index in [1.165, 1.54) is 6.42 Å². The fourth-order valence-corrected chi connectivity index (χ4v) is 3.47. The van der Waals surface area contributed by atoms with Gasteiger partial charge in [0.05, 0.1) is 26.7 Å². The van der Waals surface area contributed by atoms with E-state index in [1.807, 2.05) is 6.07 Å². The summed E-state index contributed by atoms with van der Waals surface area (Å²) in [6.45, 7) is 1.92. The highest BCUT2D eigenvalue weighted by atomic mass is 16.5. The normalized spacial score (nSPS) is 17.8. The highest BCUT2D eigenvalue weighted by Gasteiger charge is 2.26. The predicted molar refractivity (Wildman–Crippen MR) is 98.1 cm³/mol. The van der Waals surface area contributed by atoms with Crippen LogP contribution in [0.3, 0.4) is 0 Å². The van der Waals surface area contributed by atoms with E-state index in [0.29, 0.717) is 23.3 Å². The lowest BCUT2D eigenvalue weighted by molar-refractivity contribution is 0.257. The van der Waals surface area contributed by atoms with Crippen LogP contribution < -0.4 is 19.1 Å². The molecule has 7 heteroatoms. The summed E-state index contributed by atoms with van der Waals surface area (Å²) < 4.78 is 16.5. The summed E-state index contributed by atoms with van der Waals surface area (Å²) >= 11 is 0. The largest absolute Gasteiger partial charge is 0.493 e. The molecule has 1 unspecified atom stereocenters. The average Bonchev–Trinajstić information content (AvgIpc) is 2.65. The first kappa shape index (κ1) is 17.5. The Morgan fingerprint density at radius 1 is 1.08 bits per heavy atom. The van der Waals surface area contributed by atoms with Crippen LogP contribution in [-0.2, 0) is 0 Å². The number of likely N-dealkylation sites (N-methyl/N-ethyl adjacent to an activating group) is 1. The molecule has 25 heavy (non-hydrogen) atoms. The maximum absolute atomic E-state index is 5.57. The lowest BCUT2D eigenvalue weighted by atomic mass is 10.0. The smallest absolute Gasteiger partial charge is 0.205 e. The average molecular weight is 346 g/mol. The fraction of sp³-hybridized carbons (Fsp3) is 0.556. The van der Waals surface area contributed by atoms with Crippen molar-refractivity contribution in [2.24, 2.45) is 0 Å². The van der Waals surface area contributed by atoms with Crippen molar-refractivity contribution in [2.75, 3.05) is 53.4 Å². The summed E-state index contributed by atoms with van der Waals surface area (Å²) in [4.78, 5) is 13.6. The van der Waals surface area contributed by atoms with Gasteiger partial charge in [0, 0.05) is 19.1 Å². The molecule has 0 spiro atoms. The van der Waals surface area contributed by atoms with Gasteiger partial charge in [-0.1, -0.05) is 0 Å². The van der Waals surface area contributed by atoms with Gasteiger partial charge in [-0.25, -0.2) is 9.97 Å². The number of methoxy groups -OCH3 is 3. The Bertz CT molecular complexity index is 751. The van der Waals surface area contributed by atoms with Gasteiger partial charge in [-0.2, -0.15) is 0 Å². The van der Waals surface area contributed by atoms with Crippen molar-refractivity contribution in [3.05, 3.63) is 12.4 Å². The number of ether oxygens (including phenoxy) is 3. The van der Waals surface area contributed by atoms with Crippen LogP contribution >= 0.6 is 0 Å². The fourth-order valence-electron chi connectivity index (χ4n) is 3.47. The van der Waals surface area contributed by atoms with Gasteiger partial charge >= 0.3 is 0 Å². The van der Waals surface area contributed by atoms with Crippen molar-refractivity contribution in [1.82, 2.24) is 14.9 Å². The van der Waals surface area contributed by atoms with Crippen LogP contribution in [0.2, 0.25) is 0 Å². The van der Waals surface area contributed by atoms with Crippen molar-refractivity contribution < 1.29 is 14.2 Å². The zero-order chi connectivity index (χ0) is 18.0. The quantitative estimate of drug-likeness (QED) is 0.822. The van der Waals surface area contributed by atoms with E-state index < -0.39 is 0 Å². The van der Waals surface area contributed by atoms with Crippen LogP contribution in [0.5, 0.6) is 17.2 Å². The summed E-state index contributed by atoms with van der Waals surface area (Å²) in [5, 5.41) is 0.913. The molecule has 1 aromatic heterocycles. The van der Waals surface area contributed by atoms with Crippen LogP contribution in [0.25, 0.3) is 10.9 Å². The summed E-state index contributed by atoms with van der Waals surface area (Å²) in [5.74, 6) is 2.65. The minimum absolute atomic E-state index is 0.515. The molecule has 7 nitrogen and oxygen atoms in total. The minimum Gasteiger partial charge on any atom is -0.493 e. The first-order chi connectivity index (χ1) is 12.1. The zero-order valence-corrected chi connectivity index (χ0v) is 15.6. The third kappa shape index (κ3) is 3.16. The molecule has 0 saturated carbocycles. The Labute approximate surface area is 148 Å². The molecule has 0 aliphatic carbocycles. The Morgan fingerprint density at radius 3 is 2.48 bits per heavy atom. The van der Waals surface area contributed by atoms with Crippen molar-refractivity contribution in [3.63, 3.8) is 0 Å². The Kier molecular flexibility index (Phi) is 5.13. The van der Waals surface area contributed by atoms with Crippen LogP contribution in [-0.4, -0.2) is 69.4 Å².